The molecule has 1 saturated heterocycles. The molecule has 0 amide bonds. The molecule has 2 aliphatic rings. The summed E-state index contributed by atoms with van der Waals surface area (Å²) in [5.74, 6) is 2.12. The van der Waals surface area contributed by atoms with E-state index in [1.807, 2.05) is 16.9 Å². The van der Waals surface area contributed by atoms with Gasteiger partial charge < -0.3 is 9.26 Å². The maximum atomic E-state index is 5.81. The van der Waals surface area contributed by atoms with Crippen LogP contribution in [0.5, 0.6) is 0 Å². The van der Waals surface area contributed by atoms with Gasteiger partial charge in [-0.1, -0.05) is 5.16 Å². The van der Waals surface area contributed by atoms with E-state index in [4.69, 9.17) is 9.26 Å². The highest BCUT2D eigenvalue weighted by Gasteiger charge is 2.30. The summed E-state index contributed by atoms with van der Waals surface area (Å²) in [4.78, 5) is 6.81. The van der Waals surface area contributed by atoms with Gasteiger partial charge in [-0.2, -0.15) is 10.1 Å². The fraction of sp³-hybridized carbons (Fsp3) is 0.643. The molecule has 21 heavy (non-hydrogen) atoms. The number of hydrogen-bond acceptors (Lipinski definition) is 6. The first-order chi connectivity index (χ1) is 10.4. The number of aromatic nitrogens is 4. The number of rotatable bonds is 5. The van der Waals surface area contributed by atoms with Crippen molar-refractivity contribution >= 4 is 0 Å². The lowest BCUT2D eigenvalue weighted by atomic mass is 10.2. The summed E-state index contributed by atoms with van der Waals surface area (Å²) in [5.41, 5.74) is 0. The average molecular weight is 289 g/mol. The molecule has 1 saturated carbocycles. The van der Waals surface area contributed by atoms with Crippen LogP contribution in [0, 0.1) is 0 Å². The SMILES string of the molecule is c1cnn(C[C@H]2CN(Cc3noc(C4CC4)n3)CCO2)c1. The van der Waals surface area contributed by atoms with Crippen LogP contribution in [0.3, 0.4) is 0 Å². The second-order valence-electron chi connectivity index (χ2n) is 5.78. The molecule has 0 radical (unpaired) electrons. The van der Waals surface area contributed by atoms with Crippen LogP contribution in [0.1, 0.15) is 30.5 Å². The standard InChI is InChI=1S/C14H19N5O2/c1-4-15-19(5-1)9-12-8-18(6-7-20-12)10-13-16-14(21-17-13)11-2-3-11/h1,4-5,11-12H,2-3,6-10H2/t12-/m1/s1. The summed E-state index contributed by atoms with van der Waals surface area (Å²) >= 11 is 0. The van der Waals surface area contributed by atoms with Gasteiger partial charge in [-0.05, 0) is 18.9 Å². The molecular weight excluding hydrogens is 270 g/mol. The molecule has 2 aromatic heterocycles. The van der Waals surface area contributed by atoms with Crippen LogP contribution in [-0.2, 0) is 17.8 Å². The lowest BCUT2D eigenvalue weighted by Gasteiger charge is -2.31. The van der Waals surface area contributed by atoms with E-state index in [1.165, 1.54) is 12.8 Å². The third kappa shape index (κ3) is 3.14. The highest BCUT2D eigenvalue weighted by atomic mass is 16.5. The predicted octanol–water partition coefficient (Wildman–Crippen LogP) is 1.04. The van der Waals surface area contributed by atoms with E-state index in [-0.39, 0.29) is 6.10 Å². The molecule has 2 aromatic rings. The summed E-state index contributed by atoms with van der Waals surface area (Å²) < 4.78 is 13.0. The monoisotopic (exact) mass is 289 g/mol. The molecule has 7 nitrogen and oxygen atoms in total. The Bertz CT molecular complexity index is 578. The second-order valence-corrected chi connectivity index (χ2v) is 5.78. The van der Waals surface area contributed by atoms with Crippen molar-refractivity contribution in [3.8, 4) is 0 Å². The van der Waals surface area contributed by atoms with Crippen LogP contribution in [0.15, 0.2) is 23.0 Å². The molecule has 7 heteroatoms. The molecule has 4 rings (SSSR count). The first-order valence-corrected chi connectivity index (χ1v) is 7.51. The highest BCUT2D eigenvalue weighted by molar-refractivity contribution is 5.01. The van der Waals surface area contributed by atoms with Crippen molar-refractivity contribution in [2.24, 2.45) is 0 Å². The number of ether oxygens (including phenoxy) is 1. The summed E-state index contributed by atoms with van der Waals surface area (Å²) in [7, 11) is 0. The Morgan fingerprint density at radius 2 is 2.29 bits per heavy atom. The van der Waals surface area contributed by atoms with E-state index in [9.17, 15) is 0 Å². The van der Waals surface area contributed by atoms with E-state index >= 15 is 0 Å². The molecule has 0 aromatic carbocycles. The molecular formula is C14H19N5O2. The molecule has 2 fully saturated rings. The second kappa shape index (κ2) is 5.57. The lowest BCUT2D eigenvalue weighted by Crippen LogP contribution is -2.43. The van der Waals surface area contributed by atoms with Gasteiger partial charge in [0.25, 0.3) is 0 Å². The average Bonchev–Trinajstić information content (AvgIpc) is 3.02. The third-order valence-electron chi connectivity index (χ3n) is 3.95. The topological polar surface area (TPSA) is 69.2 Å². The summed E-state index contributed by atoms with van der Waals surface area (Å²) in [5, 5.41) is 8.31. The van der Waals surface area contributed by atoms with E-state index in [2.05, 4.69) is 20.1 Å². The van der Waals surface area contributed by atoms with Gasteiger partial charge in [0.15, 0.2) is 5.82 Å². The summed E-state index contributed by atoms with van der Waals surface area (Å²) in [6.07, 6.45) is 6.28. The van der Waals surface area contributed by atoms with E-state index in [1.54, 1.807) is 6.20 Å². The van der Waals surface area contributed by atoms with Crippen LogP contribution < -0.4 is 0 Å². The van der Waals surface area contributed by atoms with Crippen molar-refractivity contribution in [3.63, 3.8) is 0 Å². The zero-order chi connectivity index (χ0) is 14.1. The zero-order valence-corrected chi connectivity index (χ0v) is 11.9. The molecule has 1 atom stereocenters. The first-order valence-electron chi connectivity index (χ1n) is 7.51. The fourth-order valence-electron chi connectivity index (χ4n) is 2.68. The van der Waals surface area contributed by atoms with Crippen molar-refractivity contribution < 1.29 is 9.26 Å². The largest absolute Gasteiger partial charge is 0.374 e. The van der Waals surface area contributed by atoms with Crippen molar-refractivity contribution in [2.45, 2.75) is 38.0 Å². The Balaban J connectivity index is 1.33. The minimum absolute atomic E-state index is 0.161. The van der Waals surface area contributed by atoms with Crippen molar-refractivity contribution in [1.82, 2.24) is 24.8 Å². The Morgan fingerprint density at radius 3 is 3.10 bits per heavy atom. The van der Waals surface area contributed by atoms with E-state index in [0.717, 1.165) is 44.5 Å². The Morgan fingerprint density at radius 1 is 1.33 bits per heavy atom. The van der Waals surface area contributed by atoms with Gasteiger partial charge in [0, 0.05) is 31.4 Å². The maximum Gasteiger partial charge on any atom is 0.229 e. The molecule has 0 bridgehead atoms. The zero-order valence-electron chi connectivity index (χ0n) is 11.9. The highest BCUT2D eigenvalue weighted by Crippen LogP contribution is 2.38. The molecule has 0 unspecified atom stereocenters. The predicted molar refractivity (Wildman–Crippen MR) is 73.5 cm³/mol. The number of morpholine rings is 1. The smallest absolute Gasteiger partial charge is 0.229 e. The minimum atomic E-state index is 0.161. The summed E-state index contributed by atoms with van der Waals surface area (Å²) in [6.45, 7) is 4.02. The van der Waals surface area contributed by atoms with Crippen molar-refractivity contribution in [2.75, 3.05) is 19.7 Å². The molecule has 1 aliphatic heterocycles. The van der Waals surface area contributed by atoms with Gasteiger partial charge in [0.05, 0.1) is 25.8 Å². The molecule has 112 valence electrons. The van der Waals surface area contributed by atoms with Crippen molar-refractivity contribution in [3.05, 3.63) is 30.2 Å². The fourth-order valence-corrected chi connectivity index (χ4v) is 2.68. The van der Waals surface area contributed by atoms with E-state index < -0.39 is 0 Å². The van der Waals surface area contributed by atoms with Gasteiger partial charge in [0.1, 0.15) is 0 Å². The van der Waals surface area contributed by atoms with E-state index in [0.29, 0.717) is 5.92 Å². The Hall–Kier alpha value is -1.73. The molecule has 0 spiro atoms. The molecule has 3 heterocycles. The van der Waals surface area contributed by atoms with Gasteiger partial charge in [-0.25, -0.2) is 0 Å². The van der Waals surface area contributed by atoms with Crippen LogP contribution in [0.2, 0.25) is 0 Å². The normalized spacial score (nSPS) is 23.5. The van der Waals surface area contributed by atoms with Gasteiger partial charge >= 0.3 is 0 Å². The number of hydrogen-bond donors (Lipinski definition) is 0. The van der Waals surface area contributed by atoms with Crippen molar-refractivity contribution in [1.29, 1.82) is 0 Å². The molecule has 0 N–H and O–H groups in total. The molecule has 1 aliphatic carbocycles. The van der Waals surface area contributed by atoms with Crippen LogP contribution >= 0.6 is 0 Å². The van der Waals surface area contributed by atoms with Gasteiger partial charge in [-0.3, -0.25) is 9.58 Å². The van der Waals surface area contributed by atoms with Crippen LogP contribution in [0.4, 0.5) is 0 Å². The quantitative estimate of drug-likeness (QED) is 0.819. The summed E-state index contributed by atoms with van der Waals surface area (Å²) in [6, 6.07) is 1.93. The minimum Gasteiger partial charge on any atom is -0.374 e. The third-order valence-corrected chi connectivity index (χ3v) is 3.95. The van der Waals surface area contributed by atoms with Crippen LogP contribution in [0.25, 0.3) is 0 Å². The Labute approximate surface area is 122 Å². The first kappa shape index (κ1) is 13.0. The van der Waals surface area contributed by atoms with Gasteiger partial charge in [0.2, 0.25) is 5.89 Å². The van der Waals surface area contributed by atoms with Crippen LogP contribution in [-0.4, -0.2) is 50.6 Å². The number of nitrogens with zero attached hydrogens (tertiary/aromatic N) is 5. The Kier molecular flexibility index (Phi) is 3.44. The van der Waals surface area contributed by atoms with Gasteiger partial charge in [-0.15, -0.1) is 0 Å². The lowest BCUT2D eigenvalue weighted by molar-refractivity contribution is -0.0410. The maximum absolute atomic E-state index is 5.81.